The minimum absolute atomic E-state index is 0.0699. The molecule has 0 spiro atoms. The molecule has 1 aromatic rings. The van der Waals surface area contributed by atoms with E-state index in [0.717, 1.165) is 6.42 Å². The van der Waals surface area contributed by atoms with E-state index >= 15 is 0 Å². The van der Waals surface area contributed by atoms with Gasteiger partial charge in [-0.15, -0.1) is 0 Å². The third kappa shape index (κ3) is 7.25. The lowest BCUT2D eigenvalue weighted by Crippen LogP contribution is -2.26. The maximum atomic E-state index is 11.5. The number of hydrogen-bond acceptors (Lipinski definition) is 4. The lowest BCUT2D eigenvalue weighted by Gasteiger charge is -2.07. The largest absolute Gasteiger partial charge is 0.493 e. The number of nitrogens with one attached hydrogen (secondary N) is 1. The Bertz CT molecular complexity index is 432. The molecule has 20 heavy (non-hydrogen) atoms. The minimum Gasteiger partial charge on any atom is -0.493 e. The number of carbonyl (C=O) groups is 2. The molecule has 1 aromatic carbocycles. The molecule has 0 fully saturated rings. The zero-order chi connectivity index (χ0) is 14.8. The van der Waals surface area contributed by atoms with E-state index in [2.05, 4.69) is 5.32 Å². The molecule has 1 rings (SSSR count). The first-order valence-corrected chi connectivity index (χ1v) is 6.61. The summed E-state index contributed by atoms with van der Waals surface area (Å²) in [5.74, 6) is 0.307. The van der Waals surface area contributed by atoms with Gasteiger partial charge in [0.1, 0.15) is 5.75 Å². The molecule has 0 heterocycles. The van der Waals surface area contributed by atoms with Crippen LogP contribution in [0, 0.1) is 0 Å². The molecule has 5 N–H and O–H groups in total. The third-order valence-corrected chi connectivity index (χ3v) is 2.65. The Morgan fingerprint density at radius 1 is 1.10 bits per heavy atom. The highest BCUT2D eigenvalue weighted by atomic mass is 16.5. The van der Waals surface area contributed by atoms with Crippen molar-refractivity contribution in [1.29, 1.82) is 0 Å². The predicted molar refractivity (Wildman–Crippen MR) is 77.0 cm³/mol. The Kier molecular flexibility index (Phi) is 6.95. The topological polar surface area (TPSA) is 107 Å². The highest BCUT2D eigenvalue weighted by Gasteiger charge is 2.02. The number of hydrogen-bond donors (Lipinski definition) is 3. The molecule has 0 aromatic heterocycles. The highest BCUT2D eigenvalue weighted by Crippen LogP contribution is 2.12. The monoisotopic (exact) mass is 279 g/mol. The molecule has 6 nitrogen and oxygen atoms in total. The Hall–Kier alpha value is -2.24. The molecule has 110 valence electrons. The summed E-state index contributed by atoms with van der Waals surface area (Å²) in [6.45, 7) is 0.866. The Balaban J connectivity index is 2.05. The number of anilines is 1. The van der Waals surface area contributed by atoms with E-state index in [1.54, 1.807) is 24.3 Å². The molecule has 0 unspecified atom stereocenters. The molecule has 6 heteroatoms. The van der Waals surface area contributed by atoms with Crippen molar-refractivity contribution in [3.63, 3.8) is 0 Å². The van der Waals surface area contributed by atoms with Crippen molar-refractivity contribution in [2.24, 2.45) is 5.73 Å². The van der Waals surface area contributed by atoms with Gasteiger partial charge in [0.05, 0.1) is 13.0 Å². The molecule has 0 aliphatic heterocycles. The summed E-state index contributed by atoms with van der Waals surface area (Å²) >= 11 is 0. The fourth-order valence-electron chi connectivity index (χ4n) is 1.57. The second-order valence-corrected chi connectivity index (χ2v) is 4.44. The van der Waals surface area contributed by atoms with Gasteiger partial charge in [0.15, 0.2) is 0 Å². The zero-order valence-electron chi connectivity index (χ0n) is 11.4. The van der Waals surface area contributed by atoms with Crippen molar-refractivity contribution < 1.29 is 14.3 Å². The van der Waals surface area contributed by atoms with Crippen molar-refractivity contribution in [1.82, 2.24) is 5.32 Å². The number of nitrogen functional groups attached to an aromatic ring is 1. The van der Waals surface area contributed by atoms with Crippen LogP contribution in [-0.2, 0) is 9.59 Å². The second-order valence-electron chi connectivity index (χ2n) is 4.44. The number of primary amides is 1. The van der Waals surface area contributed by atoms with Gasteiger partial charge in [0, 0.05) is 18.7 Å². The van der Waals surface area contributed by atoms with E-state index in [-0.39, 0.29) is 11.8 Å². The summed E-state index contributed by atoms with van der Waals surface area (Å²) in [5, 5.41) is 2.76. The number of carbonyl (C=O) groups excluding carboxylic acids is 2. The summed E-state index contributed by atoms with van der Waals surface area (Å²) < 4.78 is 5.41. The fraction of sp³-hybridized carbons (Fsp3) is 0.429. The highest BCUT2D eigenvalue weighted by molar-refractivity contribution is 5.76. The van der Waals surface area contributed by atoms with E-state index in [9.17, 15) is 9.59 Å². The number of nitrogens with two attached hydrogens (primary N) is 2. The van der Waals surface area contributed by atoms with Gasteiger partial charge in [-0.3, -0.25) is 9.59 Å². The van der Waals surface area contributed by atoms with E-state index in [0.29, 0.717) is 43.9 Å². The number of unbranched alkanes of at least 4 members (excludes halogenated alkanes) is 1. The summed E-state index contributed by atoms with van der Waals surface area (Å²) in [6, 6.07) is 7.01. The van der Waals surface area contributed by atoms with Crippen molar-refractivity contribution in [2.45, 2.75) is 25.7 Å². The normalized spacial score (nSPS) is 10.0. The van der Waals surface area contributed by atoms with Crippen LogP contribution < -0.4 is 21.5 Å². The number of amides is 2. The Morgan fingerprint density at radius 2 is 1.80 bits per heavy atom. The number of benzene rings is 1. The molecule has 2 amide bonds. The molecule has 0 bridgehead atoms. The Labute approximate surface area is 118 Å². The van der Waals surface area contributed by atoms with Gasteiger partial charge in [0.2, 0.25) is 11.8 Å². The predicted octanol–water partition coefficient (Wildman–Crippen LogP) is 0.809. The number of rotatable bonds is 9. The summed E-state index contributed by atoms with van der Waals surface area (Å²) in [4.78, 5) is 22.0. The second kappa shape index (κ2) is 8.79. The van der Waals surface area contributed by atoms with Crippen LogP contribution in [0.5, 0.6) is 5.75 Å². The van der Waals surface area contributed by atoms with E-state index < -0.39 is 0 Å². The van der Waals surface area contributed by atoms with Gasteiger partial charge in [-0.05, 0) is 37.1 Å². The molecule has 0 atom stereocenters. The van der Waals surface area contributed by atoms with Crippen LogP contribution in [-0.4, -0.2) is 25.0 Å². The van der Waals surface area contributed by atoms with E-state index in [4.69, 9.17) is 16.2 Å². The van der Waals surface area contributed by atoms with Crippen molar-refractivity contribution >= 4 is 17.5 Å². The smallest absolute Gasteiger partial charge is 0.223 e. The summed E-state index contributed by atoms with van der Waals surface area (Å²) in [5.41, 5.74) is 11.2. The van der Waals surface area contributed by atoms with Crippen LogP contribution >= 0.6 is 0 Å². The average Bonchev–Trinajstić information content (AvgIpc) is 2.40. The lowest BCUT2D eigenvalue weighted by molar-refractivity contribution is -0.121. The van der Waals surface area contributed by atoms with Gasteiger partial charge in [-0.25, -0.2) is 0 Å². The lowest BCUT2D eigenvalue weighted by atomic mass is 10.2. The molecular weight excluding hydrogens is 258 g/mol. The summed E-state index contributed by atoms with van der Waals surface area (Å²) in [7, 11) is 0. The average molecular weight is 279 g/mol. The number of ether oxygens (including phenoxy) is 1. The third-order valence-electron chi connectivity index (χ3n) is 2.65. The maximum Gasteiger partial charge on any atom is 0.223 e. The van der Waals surface area contributed by atoms with Gasteiger partial charge < -0.3 is 21.5 Å². The van der Waals surface area contributed by atoms with Gasteiger partial charge >= 0.3 is 0 Å². The van der Waals surface area contributed by atoms with Crippen molar-refractivity contribution in [2.75, 3.05) is 18.9 Å². The zero-order valence-corrected chi connectivity index (χ0v) is 11.4. The minimum atomic E-state index is -0.312. The van der Waals surface area contributed by atoms with Gasteiger partial charge in [-0.1, -0.05) is 0 Å². The van der Waals surface area contributed by atoms with Crippen LogP contribution in [0.15, 0.2) is 24.3 Å². The van der Waals surface area contributed by atoms with Crippen LogP contribution in [0.3, 0.4) is 0 Å². The van der Waals surface area contributed by atoms with Crippen LogP contribution in [0.25, 0.3) is 0 Å². The van der Waals surface area contributed by atoms with Crippen molar-refractivity contribution in [3.05, 3.63) is 24.3 Å². The molecule has 0 saturated carbocycles. The molecule has 0 saturated heterocycles. The first-order chi connectivity index (χ1) is 9.58. The van der Waals surface area contributed by atoms with Crippen LogP contribution in [0.4, 0.5) is 5.69 Å². The standard InChI is InChI=1S/C14H21N3O3/c15-11-4-6-12(7-5-11)20-10-8-14(19)17-9-2-1-3-13(16)18/h4-7H,1-3,8-10,15H2,(H2,16,18)(H,17,19). The summed E-state index contributed by atoms with van der Waals surface area (Å²) in [6.07, 6.45) is 2.08. The van der Waals surface area contributed by atoms with E-state index in [1.807, 2.05) is 0 Å². The molecule has 0 aliphatic carbocycles. The van der Waals surface area contributed by atoms with Crippen molar-refractivity contribution in [3.8, 4) is 5.75 Å². The van der Waals surface area contributed by atoms with Gasteiger partial charge in [-0.2, -0.15) is 0 Å². The first kappa shape index (κ1) is 15.8. The van der Waals surface area contributed by atoms with Crippen LogP contribution in [0.2, 0.25) is 0 Å². The van der Waals surface area contributed by atoms with Crippen LogP contribution in [0.1, 0.15) is 25.7 Å². The van der Waals surface area contributed by atoms with Gasteiger partial charge in [0.25, 0.3) is 0 Å². The quantitative estimate of drug-likeness (QED) is 0.459. The molecule has 0 aliphatic rings. The Morgan fingerprint density at radius 3 is 2.45 bits per heavy atom. The molecule has 0 radical (unpaired) electrons. The first-order valence-electron chi connectivity index (χ1n) is 6.61. The fourth-order valence-corrected chi connectivity index (χ4v) is 1.57. The van der Waals surface area contributed by atoms with E-state index in [1.165, 1.54) is 0 Å². The molecular formula is C14H21N3O3. The maximum absolute atomic E-state index is 11.5. The SMILES string of the molecule is NC(=O)CCCCNC(=O)CCOc1ccc(N)cc1.